The molecule has 2 aromatic carbocycles. The van der Waals surface area contributed by atoms with Crippen LogP contribution in [0.25, 0.3) is 0 Å². The minimum atomic E-state index is -4.37. The second-order valence-corrected chi connectivity index (χ2v) is 5.57. The maximum Gasteiger partial charge on any atom is 0.416 e. The predicted molar refractivity (Wildman–Crippen MR) is 87.4 cm³/mol. The van der Waals surface area contributed by atoms with E-state index in [1.807, 2.05) is 12.1 Å². The lowest BCUT2D eigenvalue weighted by Gasteiger charge is -2.19. The van der Waals surface area contributed by atoms with Gasteiger partial charge in [-0.25, -0.2) is 0 Å². The molecular weight excluding hydrogens is 317 g/mol. The smallest absolute Gasteiger partial charge is 0.326 e. The summed E-state index contributed by atoms with van der Waals surface area (Å²) in [6.07, 6.45) is -4.37. The van der Waals surface area contributed by atoms with Crippen molar-refractivity contribution in [2.24, 2.45) is 0 Å². The van der Waals surface area contributed by atoms with E-state index >= 15 is 0 Å². The van der Waals surface area contributed by atoms with Crippen LogP contribution >= 0.6 is 0 Å². The first kappa shape index (κ1) is 18.0. The number of carbonyl (C=O) groups is 1. The van der Waals surface area contributed by atoms with Crippen molar-refractivity contribution in [3.63, 3.8) is 0 Å². The van der Waals surface area contributed by atoms with Crippen molar-refractivity contribution in [2.45, 2.75) is 32.6 Å². The predicted octanol–water partition coefficient (Wildman–Crippen LogP) is 4.51. The lowest BCUT2D eigenvalue weighted by Crippen LogP contribution is -2.21. The maximum absolute atomic E-state index is 13.1. The average molecular weight is 336 g/mol. The fourth-order valence-electron chi connectivity index (χ4n) is 2.42. The Labute approximate surface area is 138 Å². The van der Waals surface area contributed by atoms with Crippen LogP contribution in [0.4, 0.5) is 18.9 Å². The maximum atomic E-state index is 13.1. The van der Waals surface area contributed by atoms with Crippen molar-refractivity contribution in [1.29, 1.82) is 0 Å². The van der Waals surface area contributed by atoms with Gasteiger partial charge >= 0.3 is 6.18 Å². The number of benzene rings is 2. The molecule has 0 aliphatic heterocycles. The monoisotopic (exact) mass is 336 g/mol. The average Bonchev–Trinajstić information content (AvgIpc) is 2.52. The Kier molecular flexibility index (Phi) is 5.62. The Morgan fingerprint density at radius 2 is 1.71 bits per heavy atom. The third-order valence-corrected chi connectivity index (χ3v) is 3.62. The van der Waals surface area contributed by atoms with Gasteiger partial charge in [-0.05, 0) is 36.2 Å². The Balaban J connectivity index is 2.03. The molecular formula is C18H19F3N2O. The molecule has 0 heterocycles. The van der Waals surface area contributed by atoms with Gasteiger partial charge in [0.2, 0.25) is 5.91 Å². The summed E-state index contributed by atoms with van der Waals surface area (Å²) in [5.74, 6) is -0.154. The summed E-state index contributed by atoms with van der Waals surface area (Å²) >= 11 is 0. The van der Waals surface area contributed by atoms with E-state index in [-0.39, 0.29) is 11.5 Å². The molecule has 1 unspecified atom stereocenters. The Morgan fingerprint density at radius 1 is 1.08 bits per heavy atom. The van der Waals surface area contributed by atoms with Crippen LogP contribution in [0.2, 0.25) is 0 Å². The molecule has 0 aromatic heterocycles. The first-order chi connectivity index (χ1) is 11.3. The lowest BCUT2D eigenvalue weighted by atomic mass is 10.0. The summed E-state index contributed by atoms with van der Waals surface area (Å²) in [7, 11) is 0. The van der Waals surface area contributed by atoms with Gasteiger partial charge in [0.1, 0.15) is 0 Å². The van der Waals surface area contributed by atoms with E-state index in [0.29, 0.717) is 12.2 Å². The summed E-state index contributed by atoms with van der Waals surface area (Å²) in [5, 5.41) is 5.76. The third kappa shape index (κ3) is 4.83. The summed E-state index contributed by atoms with van der Waals surface area (Å²) in [5.41, 5.74) is 1.20. The van der Waals surface area contributed by atoms with Crippen molar-refractivity contribution in [1.82, 2.24) is 5.32 Å². The molecule has 2 aromatic rings. The van der Waals surface area contributed by atoms with Crippen LogP contribution in [0, 0.1) is 0 Å². The molecule has 0 aliphatic rings. The summed E-state index contributed by atoms with van der Waals surface area (Å²) in [4.78, 5) is 11.0. The van der Waals surface area contributed by atoms with E-state index in [1.165, 1.54) is 19.1 Å². The van der Waals surface area contributed by atoms with E-state index in [9.17, 15) is 18.0 Å². The molecule has 2 N–H and O–H groups in total. The highest BCUT2D eigenvalue weighted by molar-refractivity contribution is 5.88. The van der Waals surface area contributed by atoms with Crippen LogP contribution in [0.3, 0.4) is 0 Å². The number of halogens is 3. The molecule has 0 fully saturated rings. The number of carbonyl (C=O) groups excluding carboxylic acids is 1. The van der Waals surface area contributed by atoms with Crippen LogP contribution in [0.15, 0.2) is 48.5 Å². The molecule has 1 atom stereocenters. The van der Waals surface area contributed by atoms with Crippen LogP contribution < -0.4 is 10.6 Å². The van der Waals surface area contributed by atoms with E-state index in [0.717, 1.165) is 11.6 Å². The zero-order valence-corrected chi connectivity index (χ0v) is 13.4. The largest absolute Gasteiger partial charge is 0.416 e. The zero-order chi connectivity index (χ0) is 17.7. The van der Waals surface area contributed by atoms with E-state index in [4.69, 9.17) is 0 Å². The molecule has 6 heteroatoms. The van der Waals surface area contributed by atoms with E-state index in [2.05, 4.69) is 10.6 Å². The quantitative estimate of drug-likeness (QED) is 0.843. The highest BCUT2D eigenvalue weighted by Gasteiger charge is 2.33. The van der Waals surface area contributed by atoms with Gasteiger partial charge in [0, 0.05) is 25.2 Å². The van der Waals surface area contributed by atoms with Crippen LogP contribution in [-0.4, -0.2) is 5.91 Å². The second-order valence-electron chi connectivity index (χ2n) is 5.57. The summed E-state index contributed by atoms with van der Waals surface area (Å²) in [6.45, 7) is 3.55. The molecule has 1 amide bonds. The summed E-state index contributed by atoms with van der Waals surface area (Å²) in [6, 6.07) is 12.3. The Hall–Kier alpha value is -2.34. The van der Waals surface area contributed by atoms with Gasteiger partial charge in [-0.3, -0.25) is 4.79 Å². The van der Waals surface area contributed by atoms with Gasteiger partial charge in [-0.1, -0.05) is 30.3 Å². The number of alkyl halides is 3. The minimum absolute atomic E-state index is 0.154. The first-order valence-electron chi connectivity index (χ1n) is 7.53. The number of hydrogen-bond acceptors (Lipinski definition) is 2. The van der Waals surface area contributed by atoms with E-state index < -0.39 is 17.8 Å². The normalized spacial score (nSPS) is 12.7. The summed E-state index contributed by atoms with van der Waals surface area (Å²) < 4.78 is 39.2. The molecule has 24 heavy (non-hydrogen) atoms. The van der Waals surface area contributed by atoms with Crippen molar-refractivity contribution in [2.75, 3.05) is 5.32 Å². The van der Waals surface area contributed by atoms with Gasteiger partial charge in [0.15, 0.2) is 0 Å². The Bertz CT molecular complexity index is 696. The van der Waals surface area contributed by atoms with Gasteiger partial charge < -0.3 is 10.6 Å². The highest BCUT2D eigenvalue weighted by Crippen LogP contribution is 2.34. The number of nitrogens with one attached hydrogen (secondary N) is 2. The number of rotatable bonds is 5. The van der Waals surface area contributed by atoms with Gasteiger partial charge in [-0.2, -0.15) is 13.2 Å². The van der Waals surface area contributed by atoms with Crippen molar-refractivity contribution in [3.8, 4) is 0 Å². The number of amides is 1. The topological polar surface area (TPSA) is 41.1 Å². The van der Waals surface area contributed by atoms with Crippen molar-refractivity contribution >= 4 is 11.6 Å². The molecule has 3 nitrogen and oxygen atoms in total. The number of hydrogen-bond donors (Lipinski definition) is 2. The van der Waals surface area contributed by atoms with Crippen molar-refractivity contribution in [3.05, 3.63) is 65.2 Å². The standard InChI is InChI=1S/C18H19F3N2O/c1-12(16-5-3-4-6-17(16)18(19,20)21)22-11-14-7-9-15(10-8-14)23-13(2)24/h3-10,12,22H,11H2,1-2H3,(H,23,24). The SMILES string of the molecule is CC(=O)Nc1ccc(CNC(C)c2ccccc2C(F)(F)F)cc1. The van der Waals surface area contributed by atoms with Crippen LogP contribution in [0.1, 0.15) is 36.6 Å². The fraction of sp³-hybridized carbons (Fsp3) is 0.278. The molecule has 0 saturated carbocycles. The molecule has 0 bridgehead atoms. The molecule has 0 aliphatic carbocycles. The van der Waals surface area contributed by atoms with Gasteiger partial charge in [0.05, 0.1) is 5.56 Å². The third-order valence-electron chi connectivity index (χ3n) is 3.62. The second kappa shape index (κ2) is 7.49. The molecule has 0 saturated heterocycles. The van der Waals surface area contributed by atoms with Crippen LogP contribution in [-0.2, 0) is 17.5 Å². The van der Waals surface area contributed by atoms with Crippen molar-refractivity contribution < 1.29 is 18.0 Å². The molecule has 128 valence electrons. The van der Waals surface area contributed by atoms with Gasteiger partial charge in [-0.15, -0.1) is 0 Å². The lowest BCUT2D eigenvalue weighted by molar-refractivity contribution is -0.138. The zero-order valence-electron chi connectivity index (χ0n) is 13.4. The number of anilines is 1. The fourth-order valence-corrected chi connectivity index (χ4v) is 2.42. The molecule has 0 radical (unpaired) electrons. The Morgan fingerprint density at radius 3 is 2.29 bits per heavy atom. The highest BCUT2D eigenvalue weighted by atomic mass is 19.4. The minimum Gasteiger partial charge on any atom is -0.326 e. The first-order valence-corrected chi connectivity index (χ1v) is 7.53. The molecule has 2 rings (SSSR count). The molecule has 0 spiro atoms. The van der Waals surface area contributed by atoms with E-state index in [1.54, 1.807) is 25.1 Å². The van der Waals surface area contributed by atoms with Crippen LogP contribution in [0.5, 0.6) is 0 Å². The van der Waals surface area contributed by atoms with Gasteiger partial charge in [0.25, 0.3) is 0 Å².